The van der Waals surface area contributed by atoms with Crippen LogP contribution in [-0.4, -0.2) is 11.1 Å². The van der Waals surface area contributed by atoms with Gasteiger partial charge in [-0.2, -0.15) is 0 Å². The van der Waals surface area contributed by atoms with Crippen LogP contribution in [0.4, 0.5) is 13.2 Å². The number of ether oxygens (including phenoxy) is 1. The molecule has 0 saturated carbocycles. The van der Waals surface area contributed by atoms with Gasteiger partial charge in [-0.15, -0.1) is 0 Å². The fourth-order valence-electron chi connectivity index (χ4n) is 1.67. The lowest BCUT2D eigenvalue weighted by Crippen LogP contribution is -2.06. The van der Waals surface area contributed by atoms with Crippen molar-refractivity contribution < 1.29 is 27.8 Å². The maximum Gasteiger partial charge on any atom is 0.338 e. The van der Waals surface area contributed by atoms with Crippen molar-refractivity contribution in [3.63, 3.8) is 0 Å². The van der Waals surface area contributed by atoms with E-state index >= 15 is 0 Å². The molecule has 2 aromatic rings. The van der Waals surface area contributed by atoms with Gasteiger partial charge in [-0.25, -0.2) is 18.0 Å². The molecule has 0 fully saturated rings. The monoisotopic (exact) mass is 350 g/mol. The molecule has 0 heterocycles. The van der Waals surface area contributed by atoms with Gasteiger partial charge in [0, 0.05) is 11.6 Å². The second kappa shape index (κ2) is 6.46. The molecule has 0 aliphatic rings. The minimum Gasteiger partial charge on any atom is -0.487 e. The summed E-state index contributed by atoms with van der Waals surface area (Å²) in [7, 11) is 0. The van der Waals surface area contributed by atoms with E-state index in [1.807, 2.05) is 0 Å². The smallest absolute Gasteiger partial charge is 0.338 e. The van der Waals surface area contributed by atoms with Crippen LogP contribution in [0.3, 0.4) is 0 Å². The molecule has 0 amide bonds. The topological polar surface area (TPSA) is 46.5 Å². The predicted octanol–water partition coefficient (Wildman–Crippen LogP) is 4.69. The van der Waals surface area contributed by atoms with E-state index in [2.05, 4.69) is 0 Å². The minimum absolute atomic E-state index is 0.105. The van der Waals surface area contributed by atoms with Crippen molar-refractivity contribution in [1.82, 2.24) is 0 Å². The molecule has 2 aromatic carbocycles. The maximum atomic E-state index is 13.9. The van der Waals surface area contributed by atoms with Crippen molar-refractivity contribution in [2.45, 2.75) is 6.61 Å². The van der Waals surface area contributed by atoms with Crippen molar-refractivity contribution in [3.8, 4) is 5.75 Å². The van der Waals surface area contributed by atoms with E-state index in [1.54, 1.807) is 0 Å². The number of benzene rings is 2. The lowest BCUT2D eigenvalue weighted by atomic mass is 10.1. The van der Waals surface area contributed by atoms with E-state index in [9.17, 15) is 18.0 Å². The number of rotatable bonds is 4. The van der Waals surface area contributed by atoms with E-state index < -0.39 is 45.6 Å². The van der Waals surface area contributed by atoms with E-state index in [0.717, 1.165) is 12.1 Å². The first-order valence-corrected chi connectivity index (χ1v) is 6.55. The number of carboxylic acid groups (broad SMARTS) is 1. The second-order valence-corrected chi connectivity index (χ2v) is 4.93. The molecule has 0 aliphatic carbocycles. The van der Waals surface area contributed by atoms with Crippen LogP contribution in [-0.2, 0) is 6.61 Å². The van der Waals surface area contributed by atoms with Gasteiger partial charge in [0.1, 0.15) is 34.0 Å². The lowest BCUT2D eigenvalue weighted by molar-refractivity contribution is 0.0691. The Morgan fingerprint density at radius 1 is 1.14 bits per heavy atom. The third-order valence-electron chi connectivity index (χ3n) is 2.76. The van der Waals surface area contributed by atoms with Gasteiger partial charge < -0.3 is 9.84 Å². The standard InChI is InChI=1S/C14H7Cl2F3O3/c15-10-8(17)4-9(11(16)13(10)19)22-5-6-2-1-3-7(12(6)18)14(20)21/h1-4H,5H2,(H,20,21). The highest BCUT2D eigenvalue weighted by Gasteiger charge is 2.18. The number of carbonyl (C=O) groups is 1. The number of halogens is 5. The first-order valence-electron chi connectivity index (χ1n) is 5.79. The molecule has 0 aliphatic heterocycles. The van der Waals surface area contributed by atoms with Gasteiger partial charge in [-0.05, 0) is 6.07 Å². The largest absolute Gasteiger partial charge is 0.487 e. The highest BCUT2D eigenvalue weighted by atomic mass is 35.5. The van der Waals surface area contributed by atoms with Crippen LogP contribution in [0.2, 0.25) is 10.0 Å². The molecule has 0 saturated heterocycles. The summed E-state index contributed by atoms with van der Waals surface area (Å²) in [6, 6.07) is 4.43. The summed E-state index contributed by atoms with van der Waals surface area (Å²) in [5, 5.41) is 7.47. The average molecular weight is 351 g/mol. The number of aromatic carboxylic acids is 1. The Bertz CT molecular complexity index is 751. The van der Waals surface area contributed by atoms with Gasteiger partial charge >= 0.3 is 5.97 Å². The molecule has 0 atom stereocenters. The summed E-state index contributed by atoms with van der Waals surface area (Å²) in [4.78, 5) is 10.8. The van der Waals surface area contributed by atoms with Crippen LogP contribution in [0.25, 0.3) is 0 Å². The quantitative estimate of drug-likeness (QED) is 0.642. The summed E-state index contributed by atoms with van der Waals surface area (Å²) in [6.45, 7) is -0.465. The Labute approximate surface area is 132 Å². The zero-order valence-corrected chi connectivity index (χ0v) is 12.2. The van der Waals surface area contributed by atoms with Crippen LogP contribution in [0, 0.1) is 17.5 Å². The maximum absolute atomic E-state index is 13.9. The predicted molar refractivity (Wildman–Crippen MR) is 74.1 cm³/mol. The van der Waals surface area contributed by atoms with Gasteiger partial charge in [0.15, 0.2) is 5.82 Å². The van der Waals surface area contributed by atoms with E-state index in [4.69, 9.17) is 33.0 Å². The Kier molecular flexibility index (Phi) is 4.83. The highest BCUT2D eigenvalue weighted by Crippen LogP contribution is 2.34. The van der Waals surface area contributed by atoms with Gasteiger partial charge in [0.2, 0.25) is 0 Å². The molecule has 22 heavy (non-hydrogen) atoms. The molecule has 0 spiro atoms. The van der Waals surface area contributed by atoms with E-state index in [-0.39, 0.29) is 11.3 Å². The van der Waals surface area contributed by atoms with Crippen molar-refractivity contribution in [2.75, 3.05) is 0 Å². The summed E-state index contributed by atoms with van der Waals surface area (Å²) < 4.78 is 45.8. The van der Waals surface area contributed by atoms with E-state index in [0.29, 0.717) is 0 Å². The molecule has 116 valence electrons. The molecule has 0 radical (unpaired) electrons. The Hall–Kier alpha value is -1.92. The Morgan fingerprint density at radius 3 is 2.45 bits per heavy atom. The summed E-state index contributed by atoms with van der Waals surface area (Å²) in [5.74, 6) is -5.10. The molecular weight excluding hydrogens is 344 g/mol. The van der Waals surface area contributed by atoms with Gasteiger partial charge in [0.05, 0.1) is 5.56 Å². The molecule has 8 heteroatoms. The number of hydrogen-bond donors (Lipinski definition) is 1. The third kappa shape index (κ3) is 3.13. The highest BCUT2D eigenvalue weighted by molar-refractivity contribution is 6.35. The van der Waals surface area contributed by atoms with Gasteiger partial charge in [-0.1, -0.05) is 35.3 Å². The van der Waals surface area contributed by atoms with Crippen LogP contribution < -0.4 is 4.74 Å². The van der Waals surface area contributed by atoms with E-state index in [1.165, 1.54) is 12.1 Å². The zero-order valence-electron chi connectivity index (χ0n) is 10.7. The van der Waals surface area contributed by atoms with Crippen molar-refractivity contribution in [3.05, 3.63) is 62.9 Å². The molecule has 0 aromatic heterocycles. The lowest BCUT2D eigenvalue weighted by Gasteiger charge is -2.11. The fourth-order valence-corrected chi connectivity index (χ4v) is 2.07. The van der Waals surface area contributed by atoms with Crippen molar-refractivity contribution in [2.24, 2.45) is 0 Å². The van der Waals surface area contributed by atoms with Crippen LogP contribution in [0.15, 0.2) is 24.3 Å². The Balaban J connectivity index is 2.28. The van der Waals surface area contributed by atoms with Crippen molar-refractivity contribution >= 4 is 29.2 Å². The fraction of sp³-hybridized carbons (Fsp3) is 0.0714. The van der Waals surface area contributed by atoms with Crippen molar-refractivity contribution in [1.29, 1.82) is 0 Å². The van der Waals surface area contributed by atoms with Crippen LogP contribution in [0.5, 0.6) is 5.75 Å². The van der Waals surface area contributed by atoms with Crippen LogP contribution in [0.1, 0.15) is 15.9 Å². The minimum atomic E-state index is -1.44. The average Bonchev–Trinajstić information content (AvgIpc) is 2.48. The summed E-state index contributed by atoms with van der Waals surface area (Å²) in [6.07, 6.45) is 0. The number of hydrogen-bond acceptors (Lipinski definition) is 2. The Morgan fingerprint density at radius 2 is 1.82 bits per heavy atom. The summed E-state index contributed by atoms with van der Waals surface area (Å²) >= 11 is 11.0. The molecule has 3 nitrogen and oxygen atoms in total. The second-order valence-electron chi connectivity index (χ2n) is 4.17. The normalized spacial score (nSPS) is 10.6. The zero-order chi connectivity index (χ0) is 16.4. The SMILES string of the molecule is O=C(O)c1cccc(COc2cc(F)c(Cl)c(F)c2Cl)c1F. The first kappa shape index (κ1) is 16.5. The summed E-state index contributed by atoms with van der Waals surface area (Å²) in [5.41, 5.74) is -0.646. The molecule has 0 unspecified atom stereocenters. The molecule has 0 bridgehead atoms. The van der Waals surface area contributed by atoms with Gasteiger partial charge in [-0.3, -0.25) is 0 Å². The number of carboxylic acids is 1. The molecule has 2 rings (SSSR count). The molecular formula is C14H7Cl2F3O3. The third-order valence-corrected chi connectivity index (χ3v) is 3.46. The first-order chi connectivity index (χ1) is 10.3. The van der Waals surface area contributed by atoms with Crippen LogP contribution >= 0.6 is 23.2 Å². The molecule has 1 N–H and O–H groups in total. The van der Waals surface area contributed by atoms with Gasteiger partial charge in [0.25, 0.3) is 0 Å².